The van der Waals surface area contributed by atoms with E-state index in [1.807, 2.05) is 34.6 Å². The SMILES string of the molecule is CC.CC#CC.CNC#CC(C)S.Cc1cccc2ccccc12. The molecule has 0 amide bonds. The van der Waals surface area contributed by atoms with Crippen LogP contribution in [-0.2, 0) is 0 Å². The van der Waals surface area contributed by atoms with Crippen molar-refractivity contribution < 1.29 is 0 Å². The average molecular weight is 342 g/mol. The van der Waals surface area contributed by atoms with Crippen molar-refractivity contribution in [3.63, 3.8) is 0 Å². The van der Waals surface area contributed by atoms with Gasteiger partial charge < -0.3 is 5.32 Å². The van der Waals surface area contributed by atoms with Crippen LogP contribution in [0.25, 0.3) is 10.8 Å². The third-order valence-corrected chi connectivity index (χ3v) is 2.79. The zero-order valence-corrected chi connectivity index (χ0v) is 17.0. The van der Waals surface area contributed by atoms with Gasteiger partial charge in [0.25, 0.3) is 0 Å². The van der Waals surface area contributed by atoms with E-state index in [0.717, 1.165) is 0 Å². The fourth-order valence-electron chi connectivity index (χ4n) is 1.56. The van der Waals surface area contributed by atoms with Gasteiger partial charge in [0.2, 0.25) is 0 Å². The molecular formula is C22H31NS. The summed E-state index contributed by atoms with van der Waals surface area (Å²) in [7, 11) is 1.78. The van der Waals surface area contributed by atoms with Crippen LogP contribution in [0.15, 0.2) is 42.5 Å². The van der Waals surface area contributed by atoms with Crippen LogP contribution < -0.4 is 5.32 Å². The maximum Gasteiger partial charge on any atom is 0.0617 e. The lowest BCUT2D eigenvalue weighted by Gasteiger charge is -1.98. The number of thiol groups is 1. The summed E-state index contributed by atoms with van der Waals surface area (Å²) in [5.74, 6) is 8.16. The van der Waals surface area contributed by atoms with Gasteiger partial charge >= 0.3 is 0 Å². The molecule has 0 radical (unpaired) electrons. The van der Waals surface area contributed by atoms with Crippen LogP contribution in [0.4, 0.5) is 0 Å². The summed E-state index contributed by atoms with van der Waals surface area (Å²) >= 11 is 4.02. The number of hydrogen-bond acceptors (Lipinski definition) is 2. The molecule has 0 aromatic heterocycles. The number of fused-ring (bicyclic) bond motifs is 1. The Bertz CT molecular complexity index is 655. The van der Waals surface area contributed by atoms with E-state index in [1.165, 1.54) is 16.3 Å². The third-order valence-electron chi connectivity index (χ3n) is 2.66. The number of rotatable bonds is 0. The third kappa shape index (κ3) is 12.5. The molecule has 2 rings (SSSR count). The van der Waals surface area contributed by atoms with Crippen LogP contribution in [0.5, 0.6) is 0 Å². The number of benzene rings is 2. The smallest absolute Gasteiger partial charge is 0.0617 e. The molecule has 1 unspecified atom stereocenters. The molecule has 0 heterocycles. The van der Waals surface area contributed by atoms with E-state index < -0.39 is 0 Å². The van der Waals surface area contributed by atoms with Gasteiger partial charge in [0.05, 0.1) is 5.25 Å². The zero-order valence-electron chi connectivity index (χ0n) is 16.1. The Hall–Kier alpha value is -2.03. The van der Waals surface area contributed by atoms with Crippen LogP contribution in [0.1, 0.15) is 40.2 Å². The molecule has 24 heavy (non-hydrogen) atoms. The molecular weight excluding hydrogens is 310 g/mol. The van der Waals surface area contributed by atoms with Gasteiger partial charge in [0, 0.05) is 13.1 Å². The van der Waals surface area contributed by atoms with Gasteiger partial charge in [-0.1, -0.05) is 62.2 Å². The molecule has 2 aromatic rings. The summed E-state index contributed by atoms with van der Waals surface area (Å²) in [5, 5.41) is 5.55. The summed E-state index contributed by atoms with van der Waals surface area (Å²) < 4.78 is 0. The van der Waals surface area contributed by atoms with E-state index in [1.54, 1.807) is 7.05 Å². The Morgan fingerprint density at radius 2 is 1.50 bits per heavy atom. The first kappa shape index (κ1) is 24.2. The first-order chi connectivity index (χ1) is 11.6. The Labute approximate surface area is 154 Å². The Kier molecular flexibility index (Phi) is 17.5. The zero-order chi connectivity index (χ0) is 18.8. The molecule has 130 valence electrons. The van der Waals surface area contributed by atoms with Gasteiger partial charge in [-0.05, 0) is 44.0 Å². The molecule has 1 atom stereocenters. The van der Waals surface area contributed by atoms with Crippen LogP contribution in [0.3, 0.4) is 0 Å². The van der Waals surface area contributed by atoms with Crippen LogP contribution >= 0.6 is 12.6 Å². The predicted molar refractivity (Wildman–Crippen MR) is 114 cm³/mol. The summed E-state index contributed by atoms with van der Waals surface area (Å²) in [6.07, 6.45) is 0. The summed E-state index contributed by atoms with van der Waals surface area (Å²) in [6.45, 7) is 11.7. The van der Waals surface area contributed by atoms with Crippen LogP contribution in [0.2, 0.25) is 0 Å². The van der Waals surface area contributed by atoms with E-state index in [0.29, 0.717) is 0 Å². The maximum absolute atomic E-state index is 4.02. The first-order valence-corrected chi connectivity index (χ1v) is 8.71. The predicted octanol–water partition coefficient (Wildman–Crippen LogP) is 5.69. The van der Waals surface area contributed by atoms with E-state index in [-0.39, 0.29) is 5.25 Å². The van der Waals surface area contributed by atoms with Crippen molar-refractivity contribution in [2.45, 2.75) is 46.8 Å². The molecule has 0 fully saturated rings. The van der Waals surface area contributed by atoms with Crippen molar-refractivity contribution >= 4 is 23.4 Å². The quantitative estimate of drug-likeness (QED) is 0.356. The van der Waals surface area contributed by atoms with Gasteiger partial charge in [-0.3, -0.25) is 0 Å². The van der Waals surface area contributed by atoms with Crippen LogP contribution in [-0.4, -0.2) is 12.3 Å². The Morgan fingerprint density at radius 3 is 1.92 bits per heavy atom. The number of nitrogens with one attached hydrogen (secondary N) is 1. The second-order valence-corrected chi connectivity index (χ2v) is 5.27. The molecule has 0 saturated heterocycles. The first-order valence-electron chi connectivity index (χ1n) is 8.20. The molecule has 0 spiro atoms. The normalized spacial score (nSPS) is 8.83. The summed E-state index contributed by atoms with van der Waals surface area (Å²) in [4.78, 5) is 0. The van der Waals surface area contributed by atoms with Gasteiger partial charge in [-0.25, -0.2) is 0 Å². The van der Waals surface area contributed by atoms with Gasteiger partial charge in [0.15, 0.2) is 0 Å². The molecule has 0 aliphatic heterocycles. The minimum Gasteiger partial charge on any atom is -0.349 e. The molecule has 0 aliphatic rings. The van der Waals surface area contributed by atoms with Crippen molar-refractivity contribution in [2.24, 2.45) is 0 Å². The molecule has 0 aliphatic carbocycles. The monoisotopic (exact) mass is 341 g/mol. The molecule has 1 N–H and O–H groups in total. The highest BCUT2D eigenvalue weighted by Gasteiger charge is 1.92. The summed E-state index contributed by atoms with van der Waals surface area (Å²) in [6, 6.07) is 17.5. The highest BCUT2D eigenvalue weighted by Crippen LogP contribution is 2.16. The number of hydrogen-bond donors (Lipinski definition) is 2. The highest BCUT2D eigenvalue weighted by molar-refractivity contribution is 7.81. The van der Waals surface area contributed by atoms with E-state index in [2.05, 4.69) is 91.1 Å². The lowest BCUT2D eigenvalue weighted by atomic mass is 10.1. The highest BCUT2D eigenvalue weighted by atomic mass is 32.1. The molecule has 1 nitrogen and oxygen atoms in total. The van der Waals surface area contributed by atoms with Gasteiger partial charge in [0.1, 0.15) is 0 Å². The fourth-order valence-corrected chi connectivity index (χ4v) is 1.63. The van der Waals surface area contributed by atoms with E-state index in [4.69, 9.17) is 0 Å². The van der Waals surface area contributed by atoms with E-state index >= 15 is 0 Å². The second kappa shape index (κ2) is 17.3. The standard InChI is InChI=1S/C11H10.C5H9NS.C4H6.C2H6/c1-9-5-4-7-10-6-2-3-8-11(9)10;1-5(7)3-4-6-2;1-3-4-2;1-2/h2-8H,1H3;5-7H,1-2H3;1-2H3;1-2H3. The molecule has 0 bridgehead atoms. The van der Waals surface area contributed by atoms with Gasteiger partial charge in [-0.2, -0.15) is 12.6 Å². The lowest BCUT2D eigenvalue weighted by molar-refractivity contribution is 1.15. The largest absolute Gasteiger partial charge is 0.349 e. The topological polar surface area (TPSA) is 12.0 Å². The van der Waals surface area contributed by atoms with Crippen molar-refractivity contribution in [3.8, 4) is 23.8 Å². The Morgan fingerprint density at radius 1 is 0.958 bits per heavy atom. The molecule has 2 heteroatoms. The lowest BCUT2D eigenvalue weighted by Crippen LogP contribution is -1.94. The average Bonchev–Trinajstić information content (AvgIpc) is 2.63. The Balaban J connectivity index is 0. The van der Waals surface area contributed by atoms with Gasteiger partial charge in [-0.15, -0.1) is 11.8 Å². The van der Waals surface area contributed by atoms with Crippen molar-refractivity contribution in [1.29, 1.82) is 0 Å². The maximum atomic E-state index is 4.02. The van der Waals surface area contributed by atoms with E-state index in [9.17, 15) is 0 Å². The second-order valence-electron chi connectivity index (χ2n) is 4.49. The number of aryl methyl sites for hydroxylation is 1. The summed E-state index contributed by atoms with van der Waals surface area (Å²) in [5.41, 5.74) is 1.35. The van der Waals surface area contributed by atoms with Crippen molar-refractivity contribution in [1.82, 2.24) is 5.32 Å². The molecule has 0 saturated carbocycles. The van der Waals surface area contributed by atoms with Crippen LogP contribution in [0, 0.1) is 30.7 Å². The minimum atomic E-state index is 0.174. The molecule has 2 aromatic carbocycles. The van der Waals surface area contributed by atoms with Crippen molar-refractivity contribution in [2.75, 3.05) is 7.05 Å². The van der Waals surface area contributed by atoms with Crippen molar-refractivity contribution in [3.05, 3.63) is 48.0 Å². The minimum absolute atomic E-state index is 0.174. The fraction of sp³-hybridized carbons (Fsp3) is 0.364.